The average molecular weight is 290 g/mol. The molecule has 0 aromatic heterocycles. The fourth-order valence-electron chi connectivity index (χ4n) is 2.88. The number of aryl methyl sites for hydroxylation is 1. The summed E-state index contributed by atoms with van der Waals surface area (Å²) in [6.07, 6.45) is 17.8. The second-order valence-electron chi connectivity index (χ2n) is 6.31. The summed E-state index contributed by atoms with van der Waals surface area (Å²) in [6, 6.07) is 7.67. The second-order valence-corrected chi connectivity index (χ2v) is 6.31. The van der Waals surface area contributed by atoms with Crippen molar-refractivity contribution in [1.82, 2.24) is 0 Å². The Labute approximate surface area is 131 Å². The van der Waals surface area contributed by atoms with Crippen LogP contribution in [0.4, 0.5) is 0 Å². The highest BCUT2D eigenvalue weighted by Crippen LogP contribution is 2.15. The lowest BCUT2D eigenvalue weighted by Crippen LogP contribution is -1.86. The van der Waals surface area contributed by atoms with Crippen molar-refractivity contribution in [2.24, 2.45) is 0 Å². The van der Waals surface area contributed by atoms with E-state index >= 15 is 0 Å². The summed E-state index contributed by atoms with van der Waals surface area (Å²) in [7, 11) is 0. The van der Waals surface area contributed by atoms with Crippen molar-refractivity contribution in [1.29, 1.82) is 0 Å². The van der Waals surface area contributed by atoms with Gasteiger partial charge in [-0.2, -0.15) is 0 Å². The molecule has 1 aromatic carbocycles. The molecule has 1 aromatic rings. The molecule has 0 spiro atoms. The van der Waals surface area contributed by atoms with Gasteiger partial charge in [-0.05, 0) is 30.5 Å². The number of rotatable bonds is 13. The summed E-state index contributed by atoms with van der Waals surface area (Å²) in [5.74, 6) is 0.395. The van der Waals surface area contributed by atoms with E-state index < -0.39 is 0 Å². The van der Waals surface area contributed by atoms with Gasteiger partial charge in [0.25, 0.3) is 0 Å². The standard InChI is InChI=1S/C20H34O/c1-2-3-4-5-6-7-8-9-10-11-12-13-15-19-16-14-17-20(21)18-19/h14,16-18,21H,2-13,15H2,1H3. The van der Waals surface area contributed by atoms with E-state index in [1.54, 1.807) is 6.07 Å². The molecule has 0 atom stereocenters. The van der Waals surface area contributed by atoms with Gasteiger partial charge in [-0.25, -0.2) is 0 Å². The van der Waals surface area contributed by atoms with Crippen LogP contribution < -0.4 is 0 Å². The van der Waals surface area contributed by atoms with E-state index in [1.807, 2.05) is 12.1 Å². The summed E-state index contributed by atoms with van der Waals surface area (Å²) >= 11 is 0. The molecule has 120 valence electrons. The van der Waals surface area contributed by atoms with Crippen molar-refractivity contribution in [2.75, 3.05) is 0 Å². The molecule has 0 radical (unpaired) electrons. The third-order valence-electron chi connectivity index (χ3n) is 4.23. The zero-order chi connectivity index (χ0) is 15.2. The van der Waals surface area contributed by atoms with E-state index in [9.17, 15) is 5.11 Å². The van der Waals surface area contributed by atoms with Crippen LogP contribution >= 0.6 is 0 Å². The number of phenolic OH excluding ortho intramolecular Hbond substituents is 1. The molecule has 0 amide bonds. The van der Waals surface area contributed by atoms with Gasteiger partial charge in [-0.15, -0.1) is 0 Å². The topological polar surface area (TPSA) is 20.2 Å². The lowest BCUT2D eigenvalue weighted by atomic mass is 10.0. The maximum absolute atomic E-state index is 9.40. The first-order valence-electron chi connectivity index (χ1n) is 9.11. The van der Waals surface area contributed by atoms with Crippen molar-refractivity contribution in [3.8, 4) is 5.75 Å². The molecule has 0 heterocycles. The second kappa shape index (κ2) is 12.7. The molecule has 0 aliphatic heterocycles. The number of unbranched alkanes of at least 4 members (excludes halogenated alkanes) is 11. The van der Waals surface area contributed by atoms with E-state index in [4.69, 9.17) is 0 Å². The van der Waals surface area contributed by atoms with Gasteiger partial charge < -0.3 is 5.11 Å². The quantitative estimate of drug-likeness (QED) is 0.404. The smallest absolute Gasteiger partial charge is 0.115 e. The SMILES string of the molecule is CCCCCCCCCCCCCCc1cccc(O)c1. The zero-order valence-corrected chi connectivity index (χ0v) is 13.9. The van der Waals surface area contributed by atoms with Crippen LogP contribution in [0.1, 0.15) is 89.5 Å². The minimum atomic E-state index is 0.395. The van der Waals surface area contributed by atoms with E-state index in [0.717, 1.165) is 6.42 Å². The average Bonchev–Trinajstić information content (AvgIpc) is 2.48. The number of hydrogen-bond donors (Lipinski definition) is 1. The van der Waals surface area contributed by atoms with Crippen LogP contribution in [0.5, 0.6) is 5.75 Å². The fraction of sp³-hybridized carbons (Fsp3) is 0.700. The summed E-state index contributed by atoms with van der Waals surface area (Å²) in [6.45, 7) is 2.28. The Kier molecular flexibility index (Phi) is 11.0. The molecular weight excluding hydrogens is 256 g/mol. The Balaban J connectivity index is 1.82. The first-order chi connectivity index (χ1) is 10.3. The molecule has 0 fully saturated rings. The van der Waals surface area contributed by atoms with Crippen molar-refractivity contribution in [3.05, 3.63) is 29.8 Å². The highest BCUT2D eigenvalue weighted by atomic mass is 16.3. The van der Waals surface area contributed by atoms with Gasteiger partial charge >= 0.3 is 0 Å². The first kappa shape index (κ1) is 18.1. The maximum Gasteiger partial charge on any atom is 0.115 e. The monoisotopic (exact) mass is 290 g/mol. The van der Waals surface area contributed by atoms with Crippen LogP contribution in [0.2, 0.25) is 0 Å². The van der Waals surface area contributed by atoms with Gasteiger partial charge in [0, 0.05) is 0 Å². The lowest BCUT2D eigenvalue weighted by Gasteiger charge is -2.04. The zero-order valence-electron chi connectivity index (χ0n) is 13.9. The maximum atomic E-state index is 9.40. The van der Waals surface area contributed by atoms with E-state index in [1.165, 1.54) is 82.6 Å². The Morgan fingerprint density at radius 3 is 1.76 bits per heavy atom. The molecule has 1 rings (SSSR count). The minimum Gasteiger partial charge on any atom is -0.508 e. The van der Waals surface area contributed by atoms with Crippen molar-refractivity contribution < 1.29 is 5.11 Å². The molecule has 1 N–H and O–H groups in total. The highest BCUT2D eigenvalue weighted by Gasteiger charge is 1.96. The number of benzene rings is 1. The van der Waals surface area contributed by atoms with Gasteiger partial charge in [0.2, 0.25) is 0 Å². The van der Waals surface area contributed by atoms with Crippen LogP contribution in [0, 0.1) is 0 Å². The van der Waals surface area contributed by atoms with E-state index in [0.29, 0.717) is 5.75 Å². The Morgan fingerprint density at radius 1 is 0.714 bits per heavy atom. The van der Waals surface area contributed by atoms with Crippen LogP contribution in [-0.4, -0.2) is 5.11 Å². The normalized spacial score (nSPS) is 10.9. The summed E-state index contributed by atoms with van der Waals surface area (Å²) < 4.78 is 0. The third-order valence-corrected chi connectivity index (χ3v) is 4.23. The molecule has 0 aliphatic carbocycles. The Hall–Kier alpha value is -0.980. The van der Waals surface area contributed by atoms with Crippen molar-refractivity contribution >= 4 is 0 Å². The molecule has 1 nitrogen and oxygen atoms in total. The summed E-state index contributed by atoms with van der Waals surface area (Å²) in [5, 5.41) is 9.40. The van der Waals surface area contributed by atoms with E-state index in [2.05, 4.69) is 13.0 Å². The Bertz CT molecular complexity index is 345. The van der Waals surface area contributed by atoms with Crippen molar-refractivity contribution in [3.63, 3.8) is 0 Å². The fourth-order valence-corrected chi connectivity index (χ4v) is 2.88. The number of hydrogen-bond acceptors (Lipinski definition) is 1. The van der Waals surface area contributed by atoms with Gasteiger partial charge in [-0.3, -0.25) is 0 Å². The molecule has 0 unspecified atom stereocenters. The predicted molar refractivity (Wildman–Crippen MR) is 92.9 cm³/mol. The molecule has 21 heavy (non-hydrogen) atoms. The molecule has 1 heteroatoms. The van der Waals surface area contributed by atoms with Gasteiger partial charge in [0.15, 0.2) is 0 Å². The highest BCUT2D eigenvalue weighted by molar-refractivity contribution is 5.27. The third kappa shape index (κ3) is 10.4. The first-order valence-corrected chi connectivity index (χ1v) is 9.11. The van der Waals surface area contributed by atoms with Gasteiger partial charge in [0.05, 0.1) is 0 Å². The minimum absolute atomic E-state index is 0.395. The number of phenols is 1. The van der Waals surface area contributed by atoms with Crippen LogP contribution in [0.25, 0.3) is 0 Å². The van der Waals surface area contributed by atoms with E-state index in [-0.39, 0.29) is 0 Å². The molecule has 0 saturated carbocycles. The van der Waals surface area contributed by atoms with Gasteiger partial charge in [-0.1, -0.05) is 89.7 Å². The molecule has 0 bridgehead atoms. The summed E-state index contributed by atoms with van der Waals surface area (Å²) in [5.41, 5.74) is 1.27. The van der Waals surface area contributed by atoms with Gasteiger partial charge in [0.1, 0.15) is 5.75 Å². The predicted octanol–water partition coefficient (Wildman–Crippen LogP) is 6.64. The largest absolute Gasteiger partial charge is 0.508 e. The molecule has 0 aliphatic rings. The summed E-state index contributed by atoms with van der Waals surface area (Å²) in [4.78, 5) is 0. The lowest BCUT2D eigenvalue weighted by molar-refractivity contribution is 0.474. The van der Waals surface area contributed by atoms with Crippen LogP contribution in [0.15, 0.2) is 24.3 Å². The van der Waals surface area contributed by atoms with Crippen LogP contribution in [0.3, 0.4) is 0 Å². The molecule has 0 saturated heterocycles. The Morgan fingerprint density at radius 2 is 1.24 bits per heavy atom. The van der Waals surface area contributed by atoms with Crippen molar-refractivity contribution in [2.45, 2.75) is 90.4 Å². The number of aromatic hydroxyl groups is 1. The molecular formula is C20H34O. The van der Waals surface area contributed by atoms with Crippen LogP contribution in [-0.2, 0) is 6.42 Å².